The summed E-state index contributed by atoms with van der Waals surface area (Å²) in [5.41, 5.74) is 2.17. The van der Waals surface area contributed by atoms with Crippen LogP contribution in [-0.2, 0) is 11.3 Å². The summed E-state index contributed by atoms with van der Waals surface area (Å²) in [5.74, 6) is 1.59. The first-order chi connectivity index (χ1) is 11.5. The van der Waals surface area contributed by atoms with E-state index < -0.39 is 0 Å². The maximum absolute atomic E-state index is 12.0. The summed E-state index contributed by atoms with van der Waals surface area (Å²) < 4.78 is 0. The highest BCUT2D eigenvalue weighted by Gasteiger charge is 2.19. The van der Waals surface area contributed by atoms with Gasteiger partial charge in [-0.2, -0.15) is 0 Å². The zero-order valence-electron chi connectivity index (χ0n) is 15.7. The minimum atomic E-state index is 0. The number of carbonyl (C=O) groups is 1. The topological polar surface area (TPSA) is 56.7 Å². The average Bonchev–Trinajstić information content (AvgIpc) is 2.59. The maximum atomic E-state index is 12.0. The van der Waals surface area contributed by atoms with Gasteiger partial charge in [-0.25, -0.2) is 0 Å². The van der Waals surface area contributed by atoms with Crippen molar-refractivity contribution in [1.29, 1.82) is 0 Å². The fourth-order valence-electron chi connectivity index (χ4n) is 2.64. The number of nitrogens with one attached hydrogen (secondary N) is 2. The molecule has 1 aromatic rings. The van der Waals surface area contributed by atoms with E-state index in [0.29, 0.717) is 24.9 Å². The zero-order valence-corrected chi connectivity index (χ0v) is 18.0. The SMILES string of the molecule is CN=C(NCc1ccc(N2CCCCC2=O)cc1)NC(C)C(C)C.I. The third-order valence-electron chi connectivity index (χ3n) is 4.62. The number of amides is 1. The molecule has 5 nitrogen and oxygen atoms in total. The molecule has 140 valence electrons. The second-order valence-corrected chi connectivity index (χ2v) is 6.77. The zero-order chi connectivity index (χ0) is 17.5. The van der Waals surface area contributed by atoms with Crippen LogP contribution in [0.1, 0.15) is 45.6 Å². The van der Waals surface area contributed by atoms with E-state index in [1.807, 2.05) is 17.0 Å². The number of hydrogen-bond donors (Lipinski definition) is 2. The number of carbonyl (C=O) groups excluding carboxylic acids is 1. The summed E-state index contributed by atoms with van der Waals surface area (Å²) >= 11 is 0. The quantitative estimate of drug-likeness (QED) is 0.403. The van der Waals surface area contributed by atoms with Gasteiger partial charge >= 0.3 is 0 Å². The second kappa shape index (κ2) is 10.6. The highest BCUT2D eigenvalue weighted by Crippen LogP contribution is 2.21. The first-order valence-electron chi connectivity index (χ1n) is 8.87. The number of rotatable bonds is 5. The smallest absolute Gasteiger partial charge is 0.226 e. The molecule has 6 heteroatoms. The van der Waals surface area contributed by atoms with Crippen molar-refractivity contribution in [1.82, 2.24) is 10.6 Å². The van der Waals surface area contributed by atoms with Crippen molar-refractivity contribution in [2.45, 2.75) is 52.6 Å². The molecular formula is C19H31IN4O. The van der Waals surface area contributed by atoms with E-state index in [9.17, 15) is 4.79 Å². The van der Waals surface area contributed by atoms with Crippen molar-refractivity contribution in [3.63, 3.8) is 0 Å². The van der Waals surface area contributed by atoms with Crippen LogP contribution in [-0.4, -0.2) is 31.5 Å². The van der Waals surface area contributed by atoms with Crippen molar-refractivity contribution in [3.8, 4) is 0 Å². The number of aliphatic imine (C=N–C) groups is 1. The summed E-state index contributed by atoms with van der Waals surface area (Å²) in [6.07, 6.45) is 2.77. The predicted octanol–water partition coefficient (Wildman–Crippen LogP) is 3.53. The normalized spacial score (nSPS) is 16.4. The first-order valence-corrected chi connectivity index (χ1v) is 8.87. The lowest BCUT2D eigenvalue weighted by Crippen LogP contribution is -2.43. The summed E-state index contributed by atoms with van der Waals surface area (Å²) in [4.78, 5) is 18.1. The number of hydrogen-bond acceptors (Lipinski definition) is 2. The Labute approximate surface area is 168 Å². The molecule has 0 aromatic heterocycles. The van der Waals surface area contributed by atoms with Crippen LogP contribution < -0.4 is 15.5 Å². The molecule has 0 radical (unpaired) electrons. The van der Waals surface area contributed by atoms with Gasteiger partial charge in [0.15, 0.2) is 5.96 Å². The molecule has 0 aliphatic carbocycles. The third-order valence-corrected chi connectivity index (χ3v) is 4.62. The molecule has 1 saturated heterocycles. The Balaban J connectivity index is 0.00000312. The van der Waals surface area contributed by atoms with E-state index in [1.54, 1.807) is 7.05 Å². The molecule has 25 heavy (non-hydrogen) atoms. The van der Waals surface area contributed by atoms with Crippen molar-refractivity contribution in [2.24, 2.45) is 10.9 Å². The van der Waals surface area contributed by atoms with E-state index in [-0.39, 0.29) is 29.9 Å². The Kier molecular flexibility index (Phi) is 9.24. The third kappa shape index (κ3) is 6.49. The summed E-state index contributed by atoms with van der Waals surface area (Å²) in [6.45, 7) is 8.07. The molecule has 1 fully saturated rings. The van der Waals surface area contributed by atoms with Crippen LogP contribution in [0.25, 0.3) is 0 Å². The monoisotopic (exact) mass is 458 g/mol. The van der Waals surface area contributed by atoms with Crippen LogP contribution in [0.5, 0.6) is 0 Å². The van der Waals surface area contributed by atoms with Crippen LogP contribution in [0.3, 0.4) is 0 Å². The molecular weight excluding hydrogens is 427 g/mol. The molecule has 0 bridgehead atoms. The predicted molar refractivity (Wildman–Crippen MR) is 116 cm³/mol. The highest BCUT2D eigenvalue weighted by atomic mass is 127. The number of halogens is 1. The van der Waals surface area contributed by atoms with Gasteiger partial charge in [0.05, 0.1) is 0 Å². The Morgan fingerprint density at radius 2 is 1.88 bits per heavy atom. The van der Waals surface area contributed by atoms with Gasteiger partial charge in [0, 0.05) is 38.3 Å². The lowest BCUT2D eigenvalue weighted by atomic mass is 10.1. The molecule has 1 aliphatic rings. The van der Waals surface area contributed by atoms with Gasteiger partial charge in [0.25, 0.3) is 0 Å². The number of piperidine rings is 1. The second-order valence-electron chi connectivity index (χ2n) is 6.77. The van der Waals surface area contributed by atoms with Gasteiger partial charge in [-0.1, -0.05) is 26.0 Å². The van der Waals surface area contributed by atoms with E-state index in [1.165, 1.54) is 5.56 Å². The van der Waals surface area contributed by atoms with Crippen molar-refractivity contribution >= 4 is 41.5 Å². The molecule has 1 unspecified atom stereocenters. The molecule has 1 aromatic carbocycles. The standard InChI is InChI=1S/C19H30N4O.HI/c1-14(2)15(3)22-19(20-4)21-13-16-8-10-17(11-9-16)23-12-6-5-7-18(23)24;/h8-11,14-15H,5-7,12-13H2,1-4H3,(H2,20,21,22);1H. The van der Waals surface area contributed by atoms with Crippen molar-refractivity contribution in [2.75, 3.05) is 18.5 Å². The highest BCUT2D eigenvalue weighted by molar-refractivity contribution is 14.0. The van der Waals surface area contributed by atoms with Gasteiger partial charge in [0.1, 0.15) is 0 Å². The summed E-state index contributed by atoms with van der Waals surface area (Å²) in [5, 5.41) is 6.73. The molecule has 1 amide bonds. The van der Waals surface area contributed by atoms with Crippen LogP contribution in [0.15, 0.2) is 29.3 Å². The molecule has 0 spiro atoms. The van der Waals surface area contributed by atoms with Gasteiger partial charge in [-0.15, -0.1) is 24.0 Å². The molecule has 2 N–H and O–H groups in total. The van der Waals surface area contributed by atoms with Crippen LogP contribution in [0.4, 0.5) is 5.69 Å². The fourth-order valence-corrected chi connectivity index (χ4v) is 2.64. The molecule has 0 saturated carbocycles. The van der Waals surface area contributed by atoms with Gasteiger partial charge < -0.3 is 15.5 Å². The summed E-state index contributed by atoms with van der Waals surface area (Å²) in [6, 6.07) is 8.58. The Morgan fingerprint density at radius 3 is 2.44 bits per heavy atom. The van der Waals surface area contributed by atoms with Gasteiger partial charge in [-0.3, -0.25) is 9.79 Å². The van der Waals surface area contributed by atoms with E-state index in [0.717, 1.165) is 31.0 Å². The first kappa shape index (κ1) is 21.7. The van der Waals surface area contributed by atoms with Crippen molar-refractivity contribution in [3.05, 3.63) is 29.8 Å². The van der Waals surface area contributed by atoms with Gasteiger partial charge in [0.2, 0.25) is 5.91 Å². The lowest BCUT2D eigenvalue weighted by molar-refractivity contribution is -0.119. The Bertz CT molecular complexity index is 571. The number of anilines is 1. The maximum Gasteiger partial charge on any atom is 0.226 e. The largest absolute Gasteiger partial charge is 0.354 e. The van der Waals surface area contributed by atoms with Crippen LogP contribution in [0.2, 0.25) is 0 Å². The molecule has 1 heterocycles. The number of guanidine groups is 1. The number of nitrogens with zero attached hydrogens (tertiary/aromatic N) is 2. The molecule has 1 aliphatic heterocycles. The lowest BCUT2D eigenvalue weighted by Gasteiger charge is -2.27. The number of benzene rings is 1. The molecule has 1 atom stereocenters. The van der Waals surface area contributed by atoms with Crippen LogP contribution >= 0.6 is 24.0 Å². The minimum absolute atomic E-state index is 0. The minimum Gasteiger partial charge on any atom is -0.354 e. The Hall–Kier alpha value is -1.31. The fraction of sp³-hybridized carbons (Fsp3) is 0.579. The molecule has 2 rings (SSSR count). The Morgan fingerprint density at radius 1 is 1.20 bits per heavy atom. The van der Waals surface area contributed by atoms with E-state index in [2.05, 4.69) is 48.5 Å². The van der Waals surface area contributed by atoms with Crippen LogP contribution in [0, 0.1) is 5.92 Å². The van der Waals surface area contributed by atoms with Gasteiger partial charge in [-0.05, 0) is 43.4 Å². The summed E-state index contributed by atoms with van der Waals surface area (Å²) in [7, 11) is 1.79. The van der Waals surface area contributed by atoms with E-state index >= 15 is 0 Å². The van der Waals surface area contributed by atoms with E-state index in [4.69, 9.17) is 0 Å². The van der Waals surface area contributed by atoms with Crippen molar-refractivity contribution < 1.29 is 4.79 Å². The average molecular weight is 458 g/mol.